The monoisotopic (exact) mass is 252 g/mol. The minimum Gasteiger partial charge on any atom is -0.478 e. The van der Waals surface area contributed by atoms with Crippen LogP contribution in [0.1, 0.15) is 23.2 Å². The van der Waals surface area contributed by atoms with E-state index >= 15 is 0 Å². The Labute approximate surface area is 105 Å². The predicted molar refractivity (Wildman–Crippen MR) is 67.6 cm³/mol. The number of methoxy groups -OCH3 is 1. The summed E-state index contributed by atoms with van der Waals surface area (Å²) in [7, 11) is 1.55. The van der Waals surface area contributed by atoms with E-state index in [2.05, 4.69) is 5.32 Å². The van der Waals surface area contributed by atoms with Crippen molar-refractivity contribution in [2.75, 3.05) is 24.8 Å². The topological polar surface area (TPSA) is 102 Å². The minimum atomic E-state index is -1.11. The summed E-state index contributed by atoms with van der Waals surface area (Å²) in [6.07, 6.45) is 0.842. The van der Waals surface area contributed by atoms with Gasteiger partial charge < -0.3 is 20.9 Å². The largest absolute Gasteiger partial charge is 0.478 e. The van der Waals surface area contributed by atoms with Gasteiger partial charge in [-0.1, -0.05) is 0 Å². The Bertz CT molecular complexity index is 446. The van der Waals surface area contributed by atoms with Crippen LogP contribution < -0.4 is 11.1 Å². The van der Waals surface area contributed by atoms with Crippen molar-refractivity contribution in [3.8, 4) is 0 Å². The molecule has 0 spiro atoms. The van der Waals surface area contributed by atoms with Crippen LogP contribution in [-0.2, 0) is 9.53 Å². The van der Waals surface area contributed by atoms with Gasteiger partial charge in [0, 0.05) is 25.8 Å². The Balaban J connectivity index is 2.73. The lowest BCUT2D eigenvalue weighted by molar-refractivity contribution is -0.116. The Hall–Kier alpha value is -2.08. The van der Waals surface area contributed by atoms with E-state index in [0.717, 1.165) is 0 Å². The fourth-order valence-corrected chi connectivity index (χ4v) is 1.44. The zero-order chi connectivity index (χ0) is 13.5. The molecule has 18 heavy (non-hydrogen) atoms. The molecule has 0 aliphatic heterocycles. The quantitative estimate of drug-likeness (QED) is 0.523. The van der Waals surface area contributed by atoms with Crippen molar-refractivity contribution < 1.29 is 19.4 Å². The maximum Gasteiger partial charge on any atom is 0.337 e. The van der Waals surface area contributed by atoms with Crippen LogP contribution in [0, 0.1) is 0 Å². The van der Waals surface area contributed by atoms with Crippen LogP contribution in [0.25, 0.3) is 0 Å². The number of carbonyl (C=O) groups excluding carboxylic acids is 1. The summed E-state index contributed by atoms with van der Waals surface area (Å²) in [5.41, 5.74) is 6.19. The van der Waals surface area contributed by atoms with Gasteiger partial charge in [0.2, 0.25) is 5.91 Å². The van der Waals surface area contributed by atoms with E-state index in [1.807, 2.05) is 0 Å². The molecule has 0 heterocycles. The first-order valence-corrected chi connectivity index (χ1v) is 5.46. The van der Waals surface area contributed by atoms with E-state index in [9.17, 15) is 9.59 Å². The summed E-state index contributed by atoms with van der Waals surface area (Å²) in [5, 5.41) is 11.5. The van der Waals surface area contributed by atoms with Crippen LogP contribution in [0.5, 0.6) is 0 Å². The normalized spacial score (nSPS) is 10.1. The highest BCUT2D eigenvalue weighted by Gasteiger charge is 2.12. The van der Waals surface area contributed by atoms with E-state index < -0.39 is 5.97 Å². The lowest BCUT2D eigenvalue weighted by Crippen LogP contribution is -2.15. The van der Waals surface area contributed by atoms with E-state index in [-0.39, 0.29) is 23.6 Å². The molecule has 6 nitrogen and oxygen atoms in total. The van der Waals surface area contributed by atoms with Crippen molar-refractivity contribution in [3.63, 3.8) is 0 Å². The number of rotatable bonds is 6. The van der Waals surface area contributed by atoms with Gasteiger partial charge in [0.05, 0.1) is 11.3 Å². The van der Waals surface area contributed by atoms with Gasteiger partial charge in [-0.3, -0.25) is 4.79 Å². The van der Waals surface area contributed by atoms with Crippen LogP contribution >= 0.6 is 0 Å². The molecule has 0 aliphatic rings. The number of anilines is 2. The van der Waals surface area contributed by atoms with Crippen LogP contribution in [0.4, 0.5) is 11.4 Å². The fourth-order valence-electron chi connectivity index (χ4n) is 1.44. The summed E-state index contributed by atoms with van der Waals surface area (Å²) in [5.74, 6) is -1.37. The SMILES string of the molecule is COCCCC(=O)Nc1cc(N)ccc1C(=O)O. The highest BCUT2D eigenvalue weighted by Crippen LogP contribution is 2.19. The molecule has 98 valence electrons. The number of aromatic carboxylic acids is 1. The standard InChI is InChI=1S/C12H16N2O4/c1-18-6-2-3-11(15)14-10-7-8(13)4-5-9(10)12(16)17/h4-5,7H,2-3,6,13H2,1H3,(H,14,15)(H,16,17). The molecule has 0 unspecified atom stereocenters. The van der Waals surface area contributed by atoms with Crippen molar-refractivity contribution in [2.45, 2.75) is 12.8 Å². The molecular formula is C12H16N2O4. The number of hydrogen-bond acceptors (Lipinski definition) is 4. The summed E-state index contributed by atoms with van der Waals surface area (Å²) in [4.78, 5) is 22.5. The molecule has 0 saturated heterocycles. The van der Waals surface area contributed by atoms with Gasteiger partial charge in [-0.25, -0.2) is 4.79 Å². The Kier molecular flexibility index (Phi) is 5.13. The first kappa shape index (κ1) is 14.0. The van der Waals surface area contributed by atoms with Crippen molar-refractivity contribution in [2.24, 2.45) is 0 Å². The Morgan fingerprint density at radius 3 is 2.78 bits per heavy atom. The van der Waals surface area contributed by atoms with Crippen LogP contribution in [-0.4, -0.2) is 30.7 Å². The second kappa shape index (κ2) is 6.61. The van der Waals surface area contributed by atoms with Gasteiger partial charge in [-0.15, -0.1) is 0 Å². The third-order valence-electron chi connectivity index (χ3n) is 2.30. The van der Waals surface area contributed by atoms with Gasteiger partial charge in [0.1, 0.15) is 0 Å². The van der Waals surface area contributed by atoms with Gasteiger partial charge >= 0.3 is 5.97 Å². The summed E-state index contributed by atoms with van der Waals surface area (Å²) in [6, 6.07) is 4.27. The molecule has 0 saturated carbocycles. The maximum atomic E-state index is 11.6. The number of hydrogen-bond donors (Lipinski definition) is 3. The summed E-state index contributed by atoms with van der Waals surface area (Å²) < 4.78 is 4.83. The van der Waals surface area contributed by atoms with Crippen LogP contribution in [0.2, 0.25) is 0 Å². The van der Waals surface area contributed by atoms with Gasteiger partial charge in [-0.2, -0.15) is 0 Å². The zero-order valence-corrected chi connectivity index (χ0v) is 10.1. The van der Waals surface area contributed by atoms with E-state index in [1.165, 1.54) is 18.2 Å². The summed E-state index contributed by atoms with van der Waals surface area (Å²) in [6.45, 7) is 0.482. The predicted octanol–water partition coefficient (Wildman–Crippen LogP) is 1.33. The first-order valence-electron chi connectivity index (χ1n) is 5.46. The molecule has 1 amide bonds. The summed E-state index contributed by atoms with van der Waals surface area (Å²) >= 11 is 0. The van der Waals surface area contributed by atoms with Crippen molar-refractivity contribution in [1.82, 2.24) is 0 Å². The molecule has 1 rings (SSSR count). The lowest BCUT2D eigenvalue weighted by Gasteiger charge is -2.09. The highest BCUT2D eigenvalue weighted by molar-refractivity contribution is 6.01. The van der Waals surface area contributed by atoms with Gasteiger partial charge in [0.25, 0.3) is 0 Å². The average Bonchev–Trinajstić information content (AvgIpc) is 2.29. The first-order chi connectivity index (χ1) is 8.54. The number of benzene rings is 1. The molecule has 0 radical (unpaired) electrons. The molecule has 6 heteroatoms. The second-order valence-electron chi connectivity index (χ2n) is 3.75. The molecule has 1 aromatic rings. The Morgan fingerprint density at radius 2 is 2.17 bits per heavy atom. The van der Waals surface area contributed by atoms with Crippen LogP contribution in [0.15, 0.2) is 18.2 Å². The van der Waals surface area contributed by atoms with Crippen molar-refractivity contribution >= 4 is 23.3 Å². The third kappa shape index (κ3) is 4.06. The van der Waals surface area contributed by atoms with E-state index in [4.69, 9.17) is 15.6 Å². The number of carbonyl (C=O) groups is 2. The van der Waals surface area contributed by atoms with E-state index in [0.29, 0.717) is 18.7 Å². The van der Waals surface area contributed by atoms with Crippen molar-refractivity contribution in [3.05, 3.63) is 23.8 Å². The number of carboxylic acids is 1. The number of ether oxygens (including phenoxy) is 1. The molecule has 0 atom stereocenters. The molecule has 0 fully saturated rings. The minimum absolute atomic E-state index is 0.0179. The molecular weight excluding hydrogens is 236 g/mol. The maximum absolute atomic E-state index is 11.6. The number of nitrogen functional groups attached to an aromatic ring is 1. The van der Waals surface area contributed by atoms with Crippen molar-refractivity contribution in [1.29, 1.82) is 0 Å². The van der Waals surface area contributed by atoms with Crippen LogP contribution in [0.3, 0.4) is 0 Å². The smallest absolute Gasteiger partial charge is 0.337 e. The van der Waals surface area contributed by atoms with E-state index in [1.54, 1.807) is 7.11 Å². The molecule has 1 aromatic carbocycles. The highest BCUT2D eigenvalue weighted by atomic mass is 16.5. The number of nitrogens with one attached hydrogen (secondary N) is 1. The molecule has 4 N–H and O–H groups in total. The molecule has 0 bridgehead atoms. The number of amides is 1. The van der Waals surface area contributed by atoms with Gasteiger partial charge in [-0.05, 0) is 24.6 Å². The molecule has 0 aromatic heterocycles. The zero-order valence-electron chi connectivity index (χ0n) is 10.1. The second-order valence-corrected chi connectivity index (χ2v) is 3.75. The van der Waals surface area contributed by atoms with Gasteiger partial charge in [0.15, 0.2) is 0 Å². The number of nitrogens with two attached hydrogens (primary N) is 1. The average molecular weight is 252 g/mol. The fraction of sp³-hybridized carbons (Fsp3) is 0.333. The Morgan fingerprint density at radius 1 is 1.44 bits per heavy atom. The lowest BCUT2D eigenvalue weighted by atomic mass is 10.1. The third-order valence-corrected chi connectivity index (χ3v) is 2.30. The number of carboxylic acid groups (broad SMARTS) is 1. The molecule has 0 aliphatic carbocycles.